The molecule has 0 fully saturated rings. The molecular weight excluding hydrogens is 200 g/mol. The summed E-state index contributed by atoms with van der Waals surface area (Å²) < 4.78 is 0. The van der Waals surface area contributed by atoms with Crippen molar-refractivity contribution < 1.29 is 0 Å². The van der Waals surface area contributed by atoms with Crippen LogP contribution in [0, 0.1) is 0 Å². The molecule has 0 radical (unpaired) electrons. The highest BCUT2D eigenvalue weighted by molar-refractivity contribution is 5.92. The minimum absolute atomic E-state index is 0.814. The Labute approximate surface area is 92.0 Å². The van der Waals surface area contributed by atoms with Gasteiger partial charge in [-0.25, -0.2) is 0 Å². The van der Waals surface area contributed by atoms with Crippen molar-refractivity contribution in [3.8, 4) is 11.3 Å². The van der Waals surface area contributed by atoms with Crippen molar-refractivity contribution >= 4 is 10.9 Å². The molecule has 0 saturated heterocycles. The largest absolute Gasteiger partial charge is 0.261 e. The second kappa shape index (κ2) is 3.66. The molecule has 0 N–H and O–H groups in total. The molecule has 0 aliphatic rings. The smallest absolute Gasteiger partial charge is 0.0936 e. The van der Waals surface area contributed by atoms with Crippen molar-refractivity contribution in [1.82, 2.24) is 20.2 Å². The van der Waals surface area contributed by atoms with Crippen molar-refractivity contribution in [2.24, 2.45) is 0 Å². The van der Waals surface area contributed by atoms with Gasteiger partial charge in [0.25, 0.3) is 0 Å². The molecule has 2 heterocycles. The molecule has 3 aromatic rings. The molecule has 0 atom stereocenters. The van der Waals surface area contributed by atoms with Crippen LogP contribution in [0.5, 0.6) is 0 Å². The summed E-state index contributed by atoms with van der Waals surface area (Å²) in [6, 6.07) is 7.86. The Hall–Kier alpha value is -2.36. The first-order chi connectivity index (χ1) is 7.95. The van der Waals surface area contributed by atoms with Gasteiger partial charge in [0.1, 0.15) is 0 Å². The summed E-state index contributed by atoms with van der Waals surface area (Å²) in [6.45, 7) is 0. The van der Waals surface area contributed by atoms with Gasteiger partial charge in [0, 0.05) is 23.3 Å². The van der Waals surface area contributed by atoms with Crippen molar-refractivity contribution in [3.63, 3.8) is 0 Å². The summed E-state index contributed by atoms with van der Waals surface area (Å²) >= 11 is 0. The molecule has 0 saturated carbocycles. The third-order valence-electron chi connectivity index (χ3n) is 2.39. The van der Waals surface area contributed by atoms with Gasteiger partial charge in [0.15, 0.2) is 0 Å². The molecule has 2 aromatic heterocycles. The van der Waals surface area contributed by atoms with Crippen LogP contribution in [0.4, 0.5) is 0 Å². The Bertz CT molecular complexity index is 617. The molecule has 3 rings (SSSR count). The molecule has 4 heteroatoms. The monoisotopic (exact) mass is 208 g/mol. The molecule has 0 amide bonds. The SMILES string of the molecule is c1ccc2c(-c3cnccn3)cnnc2c1. The average Bonchev–Trinajstić information content (AvgIpc) is 2.39. The second-order valence-corrected chi connectivity index (χ2v) is 3.37. The van der Waals surface area contributed by atoms with Crippen LogP contribution >= 0.6 is 0 Å². The average molecular weight is 208 g/mol. The highest BCUT2D eigenvalue weighted by Crippen LogP contribution is 2.23. The van der Waals surface area contributed by atoms with Gasteiger partial charge in [-0.15, -0.1) is 0 Å². The molecule has 0 bridgehead atoms. The number of rotatable bonds is 1. The molecule has 16 heavy (non-hydrogen) atoms. The summed E-state index contributed by atoms with van der Waals surface area (Å²) in [5, 5.41) is 9.08. The van der Waals surface area contributed by atoms with Gasteiger partial charge in [-0.2, -0.15) is 10.2 Å². The van der Waals surface area contributed by atoms with E-state index in [1.807, 2.05) is 24.3 Å². The maximum atomic E-state index is 4.27. The first-order valence-electron chi connectivity index (χ1n) is 4.92. The predicted molar refractivity (Wildman–Crippen MR) is 60.6 cm³/mol. The number of benzene rings is 1. The molecule has 0 aliphatic heterocycles. The van der Waals surface area contributed by atoms with E-state index in [1.54, 1.807) is 24.8 Å². The van der Waals surface area contributed by atoms with Gasteiger partial charge in [-0.1, -0.05) is 18.2 Å². The number of hydrogen-bond acceptors (Lipinski definition) is 4. The lowest BCUT2D eigenvalue weighted by atomic mass is 10.1. The van der Waals surface area contributed by atoms with Crippen LogP contribution in [0.25, 0.3) is 22.2 Å². The maximum absolute atomic E-state index is 4.27. The van der Waals surface area contributed by atoms with Crippen LogP contribution in [0.15, 0.2) is 49.1 Å². The van der Waals surface area contributed by atoms with Crippen molar-refractivity contribution in [2.45, 2.75) is 0 Å². The van der Waals surface area contributed by atoms with Crippen molar-refractivity contribution in [2.75, 3.05) is 0 Å². The fourth-order valence-electron chi connectivity index (χ4n) is 1.65. The highest BCUT2D eigenvalue weighted by atomic mass is 15.1. The predicted octanol–water partition coefficient (Wildman–Crippen LogP) is 2.09. The van der Waals surface area contributed by atoms with E-state index in [2.05, 4.69) is 20.2 Å². The Kier molecular flexibility index (Phi) is 2.04. The van der Waals surface area contributed by atoms with Crippen LogP contribution in [0.1, 0.15) is 0 Å². The van der Waals surface area contributed by atoms with E-state index in [9.17, 15) is 0 Å². The van der Waals surface area contributed by atoms with Crippen LogP contribution in [-0.4, -0.2) is 20.2 Å². The Morgan fingerprint density at radius 2 is 1.88 bits per heavy atom. The van der Waals surface area contributed by atoms with E-state index in [1.165, 1.54) is 0 Å². The van der Waals surface area contributed by atoms with E-state index in [4.69, 9.17) is 0 Å². The molecule has 0 aliphatic carbocycles. The minimum atomic E-state index is 0.814. The van der Waals surface area contributed by atoms with E-state index in [0.29, 0.717) is 0 Å². The van der Waals surface area contributed by atoms with E-state index in [0.717, 1.165) is 22.2 Å². The molecule has 1 aromatic carbocycles. The van der Waals surface area contributed by atoms with Gasteiger partial charge in [0.2, 0.25) is 0 Å². The van der Waals surface area contributed by atoms with Crippen LogP contribution < -0.4 is 0 Å². The maximum Gasteiger partial charge on any atom is 0.0936 e. The molecule has 0 unspecified atom stereocenters. The van der Waals surface area contributed by atoms with E-state index < -0.39 is 0 Å². The third kappa shape index (κ3) is 1.40. The number of nitrogens with zero attached hydrogens (tertiary/aromatic N) is 4. The summed E-state index contributed by atoms with van der Waals surface area (Å²) in [6.07, 6.45) is 6.76. The number of aromatic nitrogens is 4. The zero-order valence-electron chi connectivity index (χ0n) is 8.41. The molecular formula is C12H8N4. The minimum Gasteiger partial charge on any atom is -0.261 e. The van der Waals surface area contributed by atoms with Crippen molar-refractivity contribution in [3.05, 3.63) is 49.1 Å². The standard InChI is InChI=1S/C12H8N4/c1-2-4-11-9(3-1)10(7-15-16-11)12-8-13-5-6-14-12/h1-8H. The van der Waals surface area contributed by atoms with Gasteiger partial charge >= 0.3 is 0 Å². The molecule has 76 valence electrons. The number of fused-ring (bicyclic) bond motifs is 1. The second-order valence-electron chi connectivity index (χ2n) is 3.37. The third-order valence-corrected chi connectivity index (χ3v) is 2.39. The van der Waals surface area contributed by atoms with Crippen LogP contribution in [0.2, 0.25) is 0 Å². The first-order valence-corrected chi connectivity index (χ1v) is 4.92. The Morgan fingerprint density at radius 1 is 0.938 bits per heavy atom. The van der Waals surface area contributed by atoms with E-state index >= 15 is 0 Å². The summed E-state index contributed by atoms with van der Waals surface area (Å²) in [5.41, 5.74) is 2.64. The lowest BCUT2D eigenvalue weighted by Gasteiger charge is -2.02. The fraction of sp³-hybridized carbons (Fsp3) is 0. The summed E-state index contributed by atoms with van der Waals surface area (Å²) in [7, 11) is 0. The zero-order valence-corrected chi connectivity index (χ0v) is 8.41. The van der Waals surface area contributed by atoms with Crippen LogP contribution in [0.3, 0.4) is 0 Å². The van der Waals surface area contributed by atoms with Gasteiger partial charge in [-0.05, 0) is 6.07 Å². The topological polar surface area (TPSA) is 51.6 Å². The van der Waals surface area contributed by atoms with Gasteiger partial charge in [0.05, 0.1) is 23.6 Å². The molecule has 4 nitrogen and oxygen atoms in total. The van der Waals surface area contributed by atoms with Crippen LogP contribution in [-0.2, 0) is 0 Å². The zero-order chi connectivity index (χ0) is 10.8. The number of hydrogen-bond donors (Lipinski definition) is 0. The van der Waals surface area contributed by atoms with Gasteiger partial charge < -0.3 is 0 Å². The van der Waals surface area contributed by atoms with Gasteiger partial charge in [-0.3, -0.25) is 9.97 Å². The Balaban J connectivity index is 2.32. The highest BCUT2D eigenvalue weighted by Gasteiger charge is 2.05. The lowest BCUT2D eigenvalue weighted by Crippen LogP contribution is -1.90. The lowest BCUT2D eigenvalue weighted by molar-refractivity contribution is 1.07. The summed E-state index contributed by atoms with van der Waals surface area (Å²) in [4.78, 5) is 8.33. The molecule has 0 spiro atoms. The quantitative estimate of drug-likeness (QED) is 0.614. The Morgan fingerprint density at radius 3 is 2.75 bits per heavy atom. The first kappa shape index (κ1) is 8.91. The van der Waals surface area contributed by atoms with Crippen molar-refractivity contribution in [1.29, 1.82) is 0 Å². The summed E-state index contributed by atoms with van der Waals surface area (Å²) in [5.74, 6) is 0. The fourth-order valence-corrected chi connectivity index (χ4v) is 1.65. The van der Waals surface area contributed by atoms with E-state index in [-0.39, 0.29) is 0 Å². The normalized spacial score (nSPS) is 10.5.